The summed E-state index contributed by atoms with van der Waals surface area (Å²) in [7, 11) is 0. The van der Waals surface area contributed by atoms with Gasteiger partial charge in [0, 0.05) is 11.0 Å². The van der Waals surface area contributed by atoms with Gasteiger partial charge in [-0.3, -0.25) is 14.2 Å². The number of amides is 1. The Hall–Kier alpha value is -2.47. The van der Waals surface area contributed by atoms with Gasteiger partial charge in [0.25, 0.3) is 5.56 Å². The van der Waals surface area contributed by atoms with Gasteiger partial charge in [0.2, 0.25) is 5.91 Å². The van der Waals surface area contributed by atoms with Crippen molar-refractivity contribution in [3.05, 3.63) is 75.2 Å². The van der Waals surface area contributed by atoms with Crippen LogP contribution in [-0.2, 0) is 17.9 Å². The lowest BCUT2D eigenvalue weighted by atomic mass is 10.2. The van der Waals surface area contributed by atoms with Crippen molar-refractivity contribution >= 4 is 32.7 Å². The Morgan fingerprint density at radius 2 is 1.96 bits per heavy atom. The van der Waals surface area contributed by atoms with Gasteiger partial charge in [0.15, 0.2) is 0 Å². The Morgan fingerprint density at radius 3 is 2.74 bits per heavy atom. The topological polar surface area (TPSA) is 64.0 Å². The first-order valence-electron chi connectivity index (χ1n) is 7.09. The molecule has 0 atom stereocenters. The number of nitrogens with one attached hydrogen (secondary N) is 1. The molecule has 0 unspecified atom stereocenters. The first-order valence-corrected chi connectivity index (χ1v) is 7.88. The Bertz CT molecular complexity index is 907. The molecule has 1 heterocycles. The van der Waals surface area contributed by atoms with Crippen LogP contribution >= 0.6 is 15.9 Å². The molecule has 0 radical (unpaired) electrons. The minimum Gasteiger partial charge on any atom is -0.350 e. The molecule has 3 rings (SSSR count). The maximum absolute atomic E-state index is 12.4. The monoisotopic (exact) mass is 371 g/mol. The molecule has 3 aromatic rings. The first-order chi connectivity index (χ1) is 11.1. The van der Waals surface area contributed by atoms with Crippen LogP contribution in [0.1, 0.15) is 5.56 Å². The largest absolute Gasteiger partial charge is 0.350 e. The summed E-state index contributed by atoms with van der Waals surface area (Å²) in [6.45, 7) is 0.377. The van der Waals surface area contributed by atoms with Gasteiger partial charge in [-0.15, -0.1) is 0 Å². The minimum absolute atomic E-state index is 0.0544. The van der Waals surface area contributed by atoms with E-state index in [1.165, 1.54) is 10.9 Å². The molecule has 1 amide bonds. The number of aromatic nitrogens is 2. The van der Waals surface area contributed by atoms with E-state index in [1.807, 2.05) is 36.4 Å². The highest BCUT2D eigenvalue weighted by molar-refractivity contribution is 9.10. The maximum Gasteiger partial charge on any atom is 0.261 e. The normalized spacial score (nSPS) is 10.7. The molecule has 5 nitrogen and oxygen atoms in total. The van der Waals surface area contributed by atoms with Crippen molar-refractivity contribution in [2.75, 3.05) is 0 Å². The summed E-state index contributed by atoms with van der Waals surface area (Å²) in [5.41, 5.74) is 1.39. The first kappa shape index (κ1) is 15.4. The number of fused-ring (bicyclic) bond motifs is 1. The number of halogens is 1. The average Bonchev–Trinajstić information content (AvgIpc) is 2.57. The highest BCUT2D eigenvalue weighted by Gasteiger charge is 2.08. The van der Waals surface area contributed by atoms with Crippen molar-refractivity contribution < 1.29 is 4.79 Å². The van der Waals surface area contributed by atoms with Gasteiger partial charge in [0.1, 0.15) is 6.54 Å². The summed E-state index contributed by atoms with van der Waals surface area (Å²) in [6.07, 6.45) is 1.40. The van der Waals surface area contributed by atoms with Crippen LogP contribution in [0.3, 0.4) is 0 Å². The smallest absolute Gasteiger partial charge is 0.261 e. The van der Waals surface area contributed by atoms with E-state index >= 15 is 0 Å². The van der Waals surface area contributed by atoms with E-state index in [9.17, 15) is 9.59 Å². The second-order valence-corrected chi connectivity index (χ2v) is 6.02. The summed E-state index contributed by atoms with van der Waals surface area (Å²) >= 11 is 3.34. The van der Waals surface area contributed by atoms with Gasteiger partial charge >= 0.3 is 0 Å². The van der Waals surface area contributed by atoms with E-state index in [2.05, 4.69) is 26.2 Å². The van der Waals surface area contributed by atoms with Crippen LogP contribution in [0.15, 0.2) is 64.1 Å². The van der Waals surface area contributed by atoms with E-state index in [1.54, 1.807) is 12.1 Å². The molecule has 1 N–H and O–H groups in total. The lowest BCUT2D eigenvalue weighted by molar-refractivity contribution is -0.121. The molecule has 116 valence electrons. The average molecular weight is 372 g/mol. The fourth-order valence-electron chi connectivity index (χ4n) is 2.25. The van der Waals surface area contributed by atoms with Crippen molar-refractivity contribution in [1.82, 2.24) is 14.9 Å². The van der Waals surface area contributed by atoms with Gasteiger partial charge in [-0.25, -0.2) is 4.98 Å². The quantitative estimate of drug-likeness (QED) is 0.765. The molecular formula is C17H14BrN3O2. The number of rotatable bonds is 4. The van der Waals surface area contributed by atoms with Gasteiger partial charge in [-0.05, 0) is 23.8 Å². The Labute approximate surface area is 141 Å². The van der Waals surface area contributed by atoms with Crippen molar-refractivity contribution in [1.29, 1.82) is 0 Å². The molecule has 6 heteroatoms. The van der Waals surface area contributed by atoms with Crippen LogP contribution < -0.4 is 10.9 Å². The molecular weight excluding hydrogens is 358 g/mol. The zero-order valence-corrected chi connectivity index (χ0v) is 13.8. The van der Waals surface area contributed by atoms with Crippen LogP contribution in [0, 0.1) is 0 Å². The zero-order chi connectivity index (χ0) is 16.2. The summed E-state index contributed by atoms with van der Waals surface area (Å²) in [4.78, 5) is 28.7. The molecule has 0 aliphatic heterocycles. The van der Waals surface area contributed by atoms with E-state index in [4.69, 9.17) is 0 Å². The van der Waals surface area contributed by atoms with Gasteiger partial charge < -0.3 is 5.32 Å². The van der Waals surface area contributed by atoms with Crippen molar-refractivity contribution in [2.24, 2.45) is 0 Å². The second kappa shape index (κ2) is 6.75. The highest BCUT2D eigenvalue weighted by Crippen LogP contribution is 2.14. The van der Waals surface area contributed by atoms with E-state index in [-0.39, 0.29) is 18.0 Å². The SMILES string of the molecule is O=C(Cn1cnc2ccc(Br)cc2c1=O)NCc1ccccc1. The third-order valence-corrected chi connectivity index (χ3v) is 3.93. The fraction of sp³-hybridized carbons (Fsp3) is 0.118. The van der Waals surface area contributed by atoms with E-state index < -0.39 is 0 Å². The minimum atomic E-state index is -0.230. The molecule has 0 saturated carbocycles. The molecule has 0 aliphatic rings. The van der Waals surface area contributed by atoms with E-state index in [0.29, 0.717) is 17.4 Å². The summed E-state index contributed by atoms with van der Waals surface area (Å²) < 4.78 is 2.12. The third-order valence-electron chi connectivity index (χ3n) is 3.43. The summed E-state index contributed by atoms with van der Waals surface area (Å²) in [5.74, 6) is -0.230. The molecule has 0 aliphatic carbocycles. The lowest BCUT2D eigenvalue weighted by Gasteiger charge is -2.08. The molecule has 2 aromatic carbocycles. The Balaban J connectivity index is 1.75. The fourth-order valence-corrected chi connectivity index (χ4v) is 2.61. The molecule has 23 heavy (non-hydrogen) atoms. The second-order valence-electron chi connectivity index (χ2n) is 5.10. The highest BCUT2D eigenvalue weighted by atomic mass is 79.9. The van der Waals surface area contributed by atoms with Gasteiger partial charge in [-0.1, -0.05) is 46.3 Å². The summed E-state index contributed by atoms with van der Waals surface area (Å²) in [5, 5.41) is 3.28. The predicted molar refractivity (Wildman–Crippen MR) is 92.0 cm³/mol. The number of nitrogens with zero attached hydrogens (tertiary/aromatic N) is 2. The third kappa shape index (κ3) is 3.65. The molecule has 0 fully saturated rings. The van der Waals surface area contributed by atoms with Crippen molar-refractivity contribution in [3.63, 3.8) is 0 Å². The zero-order valence-electron chi connectivity index (χ0n) is 12.2. The summed E-state index contributed by atoms with van der Waals surface area (Å²) in [6, 6.07) is 14.9. The van der Waals surface area contributed by atoms with Crippen LogP contribution in [0.4, 0.5) is 0 Å². The van der Waals surface area contributed by atoms with E-state index in [0.717, 1.165) is 10.0 Å². The molecule has 0 spiro atoms. The standard InChI is InChI=1S/C17H14BrN3O2/c18-13-6-7-15-14(8-13)17(23)21(11-20-15)10-16(22)19-9-12-4-2-1-3-5-12/h1-8,11H,9-10H2,(H,19,22). The Kier molecular flexibility index (Phi) is 4.52. The number of benzene rings is 2. The number of hydrogen-bond donors (Lipinski definition) is 1. The van der Waals surface area contributed by atoms with Crippen molar-refractivity contribution in [3.8, 4) is 0 Å². The molecule has 0 bridgehead atoms. The molecule has 1 aromatic heterocycles. The van der Waals surface area contributed by atoms with Crippen molar-refractivity contribution in [2.45, 2.75) is 13.1 Å². The Morgan fingerprint density at radius 1 is 1.17 bits per heavy atom. The van der Waals surface area contributed by atoms with Crippen LogP contribution in [-0.4, -0.2) is 15.5 Å². The van der Waals surface area contributed by atoms with Crippen LogP contribution in [0.2, 0.25) is 0 Å². The van der Waals surface area contributed by atoms with Crippen LogP contribution in [0.5, 0.6) is 0 Å². The predicted octanol–water partition coefficient (Wildman–Crippen LogP) is 2.48. The number of hydrogen-bond acceptors (Lipinski definition) is 3. The molecule has 0 saturated heterocycles. The van der Waals surface area contributed by atoms with Gasteiger partial charge in [-0.2, -0.15) is 0 Å². The number of carbonyl (C=O) groups is 1. The van der Waals surface area contributed by atoms with Gasteiger partial charge in [0.05, 0.1) is 17.2 Å². The lowest BCUT2D eigenvalue weighted by Crippen LogP contribution is -2.32. The van der Waals surface area contributed by atoms with Crippen LogP contribution in [0.25, 0.3) is 10.9 Å². The number of carbonyl (C=O) groups excluding carboxylic acids is 1. The maximum atomic E-state index is 12.4.